The number of likely N-dealkylation sites (tertiary alicyclic amines) is 1. The fourth-order valence-electron chi connectivity index (χ4n) is 9.91. The second-order valence-electron chi connectivity index (χ2n) is 23.0. The summed E-state index contributed by atoms with van der Waals surface area (Å²) in [4.78, 5) is 204. The minimum absolute atomic E-state index is 0.0105. The number of aliphatic hydroxyl groups is 1. The van der Waals surface area contributed by atoms with Gasteiger partial charge < -0.3 is 124 Å². The number of aliphatic hydroxyl groups excluding tert-OH is 1. The fourth-order valence-corrected chi connectivity index (χ4v) is 10.8. The molecule has 40 nitrogen and oxygen atoms in total. The highest BCUT2D eigenvalue weighted by atomic mass is 32.1. The van der Waals surface area contributed by atoms with E-state index in [1.54, 1.807) is 24.3 Å². The molecule has 2 heterocycles. The predicted molar refractivity (Wildman–Crippen MR) is 385 cm³/mol. The summed E-state index contributed by atoms with van der Waals surface area (Å²) in [6.07, 6.45) is 0.495. The molecule has 11 atom stereocenters. The standard InChI is InChI=1S/C58H93N23O17S4/c59-30(24-99)45(87)74-32(9-3-15-66-56(60)61)46(88)70-21-42(83)72-33(10-4-16-67-57(62)63)48(90)78-38(25-100)47(89)71-22-43(84)73-34(13-14-44(85)86)49(91)76-36(19-28-20-69-31-8-2-1-7-29(28)31)50(92)79-39(26-101)52(94)77-37(23-82)51(93)75-35(11-5-17-68-58(64)65)54(96)81-18-6-12-41(81)53(95)80-40(27-102)55(97)98/h1-2,7-8,20,30,32-41,69,82,99-102H,3-6,9-19,21-27,59H2,(H,70,88)(H,71,89)(H,72,83)(H,73,84)(H,74,87)(H,75,93)(H,76,91)(H,77,94)(H,78,90)(H,79,92)(H,80,95)(H,85,86)(H,97,98)(H4,60,61,66)(H4,62,63,67)(H4,64,65,68)/t30-,32-,33-,34-,35-,36-,37-,38-,39-,40-,41-/m0/s1. The fraction of sp³-hybridized carbons (Fsp3) is 0.569. The molecule has 102 heavy (non-hydrogen) atoms. The number of nitrogens with two attached hydrogens (primary N) is 7. The Morgan fingerprint density at radius 1 is 0.520 bits per heavy atom. The van der Waals surface area contributed by atoms with Gasteiger partial charge in [-0.25, -0.2) is 4.79 Å². The maximum atomic E-state index is 14.5. The van der Waals surface area contributed by atoms with Gasteiger partial charge in [0.05, 0.1) is 25.7 Å². The molecule has 1 aromatic heterocycles. The number of para-hydroxylation sites is 1. The van der Waals surface area contributed by atoms with Gasteiger partial charge in [0.15, 0.2) is 17.9 Å². The van der Waals surface area contributed by atoms with Crippen LogP contribution < -0.4 is 98.6 Å². The van der Waals surface area contributed by atoms with E-state index in [1.807, 2.05) is 0 Å². The zero-order valence-electron chi connectivity index (χ0n) is 55.5. The number of fused-ring (bicyclic) bond motifs is 1. The molecular formula is C58H93N23O17S4. The number of nitrogens with zero attached hydrogens (tertiary/aromatic N) is 4. The Hall–Kier alpha value is -9.53. The Bertz CT molecular complexity index is 3340. The van der Waals surface area contributed by atoms with Crippen molar-refractivity contribution < 1.29 is 82.4 Å². The average Bonchev–Trinajstić information content (AvgIpc) is 1.65. The van der Waals surface area contributed by atoms with E-state index in [2.05, 4.69) is 129 Å². The molecule has 0 bridgehead atoms. The Kier molecular flexibility index (Phi) is 38.6. The van der Waals surface area contributed by atoms with E-state index < -0.39 is 193 Å². The number of aliphatic imine (C=N–C) groups is 3. The summed E-state index contributed by atoms with van der Waals surface area (Å²) >= 11 is 16.4. The molecule has 3 rings (SSSR count). The van der Waals surface area contributed by atoms with E-state index in [0.29, 0.717) is 22.9 Å². The first kappa shape index (κ1) is 86.7. The van der Waals surface area contributed by atoms with Crippen LogP contribution in [0.5, 0.6) is 0 Å². The molecular weight excluding hydrogens is 1420 g/mol. The summed E-state index contributed by atoms with van der Waals surface area (Å²) in [6, 6.07) is -9.17. The van der Waals surface area contributed by atoms with E-state index in [4.69, 9.17) is 40.1 Å². The highest BCUT2D eigenvalue weighted by Crippen LogP contribution is 2.22. The van der Waals surface area contributed by atoms with E-state index in [0.717, 1.165) is 4.90 Å². The highest BCUT2D eigenvalue weighted by molar-refractivity contribution is 7.80. The van der Waals surface area contributed by atoms with Gasteiger partial charge in [-0.2, -0.15) is 50.5 Å². The number of benzene rings is 1. The third-order valence-electron chi connectivity index (χ3n) is 15.2. The van der Waals surface area contributed by atoms with E-state index in [9.17, 15) is 82.4 Å². The van der Waals surface area contributed by atoms with Gasteiger partial charge in [-0.15, -0.1) is 0 Å². The number of hydrogen-bond acceptors (Lipinski definition) is 23. The first-order valence-corrected chi connectivity index (χ1v) is 34.4. The van der Waals surface area contributed by atoms with Gasteiger partial charge in [0.2, 0.25) is 70.9 Å². The minimum Gasteiger partial charge on any atom is -0.481 e. The van der Waals surface area contributed by atoms with Gasteiger partial charge in [0.25, 0.3) is 0 Å². The molecule has 0 unspecified atom stereocenters. The number of H-pyrrole nitrogens is 1. The largest absolute Gasteiger partial charge is 0.481 e. The Balaban J connectivity index is 1.82. The van der Waals surface area contributed by atoms with Gasteiger partial charge in [-0.05, 0) is 69.4 Å². The van der Waals surface area contributed by atoms with E-state index >= 15 is 0 Å². The van der Waals surface area contributed by atoms with Crippen molar-refractivity contribution in [3.63, 3.8) is 0 Å². The van der Waals surface area contributed by atoms with E-state index in [1.165, 1.54) is 6.20 Å². The Labute approximate surface area is 607 Å². The number of aromatic amines is 1. The SMILES string of the molecule is NC(N)=NCCC[C@H](NC(=O)CNC(=O)[C@H](CCCN=C(N)N)NC(=O)[C@@H](N)CS)C(=O)N[C@@H](CS)C(=O)NCC(=O)N[C@@H](CCC(=O)O)C(=O)N[C@@H](Cc1c[nH]c2ccccc12)C(=O)N[C@@H](CS)C(=O)N[C@@H](CO)C(=O)N[C@@H](CCCN=C(N)N)C(=O)N1CCC[C@H]1C(=O)N[C@@H](CS)C(=O)O. The first-order valence-electron chi connectivity index (χ1n) is 31.9. The number of hydrogen-bond donors (Lipinski definition) is 26. The van der Waals surface area contributed by atoms with Crippen LogP contribution in [-0.2, 0) is 73.5 Å². The first-order chi connectivity index (χ1) is 48.4. The van der Waals surface area contributed by atoms with Gasteiger partial charge >= 0.3 is 11.9 Å². The van der Waals surface area contributed by atoms with Crippen LogP contribution in [0.15, 0.2) is 45.4 Å². The number of carbonyl (C=O) groups is 14. The van der Waals surface area contributed by atoms with Gasteiger partial charge in [-0.3, -0.25) is 77.3 Å². The molecule has 0 saturated carbocycles. The highest BCUT2D eigenvalue weighted by Gasteiger charge is 2.40. The molecule has 0 radical (unpaired) electrons. The molecule has 12 amide bonds. The van der Waals surface area contributed by atoms with Crippen LogP contribution in [0.25, 0.3) is 10.9 Å². The lowest BCUT2D eigenvalue weighted by atomic mass is 10.0. The summed E-state index contributed by atoms with van der Waals surface area (Å²) in [5.41, 5.74) is 39.4. The zero-order valence-corrected chi connectivity index (χ0v) is 59.0. The number of amides is 12. The van der Waals surface area contributed by atoms with Crippen molar-refractivity contribution in [2.75, 3.05) is 68.9 Å². The summed E-state index contributed by atoms with van der Waals surface area (Å²) < 4.78 is 0. The summed E-state index contributed by atoms with van der Waals surface area (Å²) in [5, 5.41) is 56.7. The molecule has 29 N–H and O–H groups in total. The Morgan fingerprint density at radius 3 is 1.45 bits per heavy atom. The van der Waals surface area contributed by atoms with Crippen molar-refractivity contribution in [2.24, 2.45) is 55.1 Å². The molecule has 0 spiro atoms. The van der Waals surface area contributed by atoms with Crippen LogP contribution in [0, 0.1) is 0 Å². The number of guanidine groups is 3. The maximum absolute atomic E-state index is 14.5. The predicted octanol–water partition coefficient (Wildman–Crippen LogP) is -9.55. The number of carboxylic acids is 2. The van der Waals surface area contributed by atoms with Crippen LogP contribution in [0.2, 0.25) is 0 Å². The molecule has 1 aromatic carbocycles. The lowest BCUT2D eigenvalue weighted by molar-refractivity contribution is -0.144. The lowest BCUT2D eigenvalue weighted by Gasteiger charge is -2.30. The topological polar surface area (TPSA) is 670 Å². The third-order valence-corrected chi connectivity index (χ3v) is 16.7. The molecule has 1 fully saturated rings. The second kappa shape index (κ2) is 45.4. The van der Waals surface area contributed by atoms with Gasteiger partial charge in [0, 0.05) is 79.1 Å². The zero-order chi connectivity index (χ0) is 76.2. The van der Waals surface area contributed by atoms with Crippen LogP contribution in [0.4, 0.5) is 0 Å². The molecule has 1 aliphatic heterocycles. The van der Waals surface area contributed by atoms with Crippen molar-refractivity contribution in [3.8, 4) is 0 Å². The van der Waals surface area contributed by atoms with Crippen LogP contribution >= 0.6 is 50.5 Å². The van der Waals surface area contributed by atoms with Crippen molar-refractivity contribution in [1.82, 2.24) is 68.4 Å². The van der Waals surface area contributed by atoms with Crippen LogP contribution in [0.3, 0.4) is 0 Å². The number of nitrogens with one attached hydrogen (secondary N) is 12. The minimum atomic E-state index is -1.81. The van der Waals surface area contributed by atoms with Crippen molar-refractivity contribution in [3.05, 3.63) is 36.0 Å². The maximum Gasteiger partial charge on any atom is 0.327 e. The van der Waals surface area contributed by atoms with E-state index in [-0.39, 0.29) is 107 Å². The summed E-state index contributed by atoms with van der Waals surface area (Å²) in [7, 11) is 0. The molecule has 2 aromatic rings. The third kappa shape index (κ3) is 30.4. The number of carboxylic acid groups (broad SMARTS) is 2. The van der Waals surface area contributed by atoms with Gasteiger partial charge in [0.1, 0.15) is 60.4 Å². The summed E-state index contributed by atoms with van der Waals surface area (Å²) in [6.45, 7) is -2.60. The summed E-state index contributed by atoms with van der Waals surface area (Å²) in [5.74, 6) is -16.1. The normalized spacial score (nSPS) is 15.4. The van der Waals surface area contributed by atoms with Crippen LogP contribution in [0.1, 0.15) is 69.8 Å². The number of rotatable bonds is 46. The molecule has 1 aliphatic rings. The lowest BCUT2D eigenvalue weighted by Crippen LogP contribution is -2.61. The van der Waals surface area contributed by atoms with Crippen molar-refractivity contribution >= 4 is 162 Å². The smallest absolute Gasteiger partial charge is 0.327 e. The molecule has 0 aliphatic carbocycles. The second-order valence-corrected chi connectivity index (χ2v) is 24.5. The monoisotopic (exact) mass is 1510 g/mol. The van der Waals surface area contributed by atoms with Gasteiger partial charge in [-0.1, -0.05) is 18.2 Å². The number of aromatic nitrogens is 1. The quantitative estimate of drug-likeness (QED) is 0.0127. The number of carbonyl (C=O) groups excluding carboxylic acids is 12. The van der Waals surface area contributed by atoms with Crippen molar-refractivity contribution in [1.29, 1.82) is 0 Å². The number of aliphatic carboxylic acids is 2. The molecule has 44 heteroatoms. The van der Waals surface area contributed by atoms with Crippen LogP contribution in [-0.4, -0.2) is 261 Å². The van der Waals surface area contributed by atoms with Crippen molar-refractivity contribution in [2.45, 2.75) is 137 Å². The Morgan fingerprint density at radius 2 is 0.951 bits per heavy atom. The average molecular weight is 1510 g/mol. The number of thiol groups is 4. The molecule has 1 saturated heterocycles. The molecule has 566 valence electrons.